The van der Waals surface area contributed by atoms with Gasteiger partial charge in [-0.2, -0.15) is 0 Å². The molecule has 5 aliphatic rings. The predicted molar refractivity (Wildman–Crippen MR) is 104 cm³/mol. The lowest BCUT2D eigenvalue weighted by molar-refractivity contribution is -0.150. The van der Waals surface area contributed by atoms with E-state index in [-0.39, 0.29) is 11.3 Å². The summed E-state index contributed by atoms with van der Waals surface area (Å²) in [6, 6.07) is 6.24. The predicted octanol–water partition coefficient (Wildman–Crippen LogP) is 2.72. The Morgan fingerprint density at radius 1 is 1.15 bits per heavy atom. The van der Waals surface area contributed by atoms with Gasteiger partial charge in [-0.25, -0.2) is 0 Å². The number of nitrogens with two attached hydrogens (primary N) is 1. The van der Waals surface area contributed by atoms with Crippen LogP contribution in [0.2, 0.25) is 0 Å². The molecule has 1 aromatic rings. The number of hydrogen-bond donors (Lipinski definition) is 2. The Hall–Kier alpha value is -1.59. The van der Waals surface area contributed by atoms with Crippen molar-refractivity contribution in [3.8, 4) is 5.75 Å². The molecular formula is C22H31N3O2. The molecule has 5 fully saturated rings. The number of nitrogens with one attached hydrogen (secondary N) is 1. The van der Waals surface area contributed by atoms with Crippen molar-refractivity contribution in [2.24, 2.45) is 28.9 Å². The number of aryl methyl sites for hydroxylation is 1. The molecular weight excluding hydrogens is 338 g/mol. The Balaban J connectivity index is 1.69. The molecule has 6 rings (SSSR count). The average Bonchev–Trinajstić information content (AvgIpc) is 2.86. The molecule has 3 N–H and O–H groups in total. The zero-order valence-electron chi connectivity index (χ0n) is 16.6. The van der Waals surface area contributed by atoms with E-state index < -0.39 is 11.8 Å². The molecule has 1 amide bonds. The van der Waals surface area contributed by atoms with Gasteiger partial charge >= 0.3 is 0 Å². The second-order valence-corrected chi connectivity index (χ2v) is 9.64. The van der Waals surface area contributed by atoms with Gasteiger partial charge in [-0.3, -0.25) is 15.8 Å². The van der Waals surface area contributed by atoms with Crippen LogP contribution in [0, 0.1) is 30.1 Å². The molecule has 1 heterocycles. The number of hydrogen-bond acceptors (Lipinski definition) is 4. The highest BCUT2D eigenvalue weighted by Gasteiger charge is 2.67. The molecule has 1 aliphatic heterocycles. The van der Waals surface area contributed by atoms with Crippen molar-refractivity contribution >= 4 is 5.91 Å². The van der Waals surface area contributed by atoms with Gasteiger partial charge in [0.05, 0.1) is 7.11 Å². The standard InChI is InChI=1S/C22H31N3O2/c1-13-6-17(4-5-18(13)27-3)22(19(26)25(2)20(23)24-22)21-10-14-7-15(11-21)9-16(8-14)12-21/h4-6,14-16,20,24H,7-12,23H2,1-3H3/t14?,15?,16?,20?,21?,22-/m0/s1. The summed E-state index contributed by atoms with van der Waals surface area (Å²) in [5.41, 5.74) is 7.75. The van der Waals surface area contributed by atoms with Gasteiger partial charge in [0.2, 0.25) is 5.91 Å². The van der Waals surface area contributed by atoms with Crippen LogP contribution in [0.1, 0.15) is 49.7 Å². The molecule has 27 heavy (non-hydrogen) atoms. The highest BCUT2D eigenvalue weighted by atomic mass is 16.5. The highest BCUT2D eigenvalue weighted by molar-refractivity contribution is 5.91. The normalized spacial score (nSPS) is 42.8. The lowest BCUT2D eigenvalue weighted by Gasteiger charge is -2.62. The molecule has 4 saturated carbocycles. The van der Waals surface area contributed by atoms with Crippen molar-refractivity contribution < 1.29 is 9.53 Å². The minimum atomic E-state index is -0.714. The average molecular weight is 370 g/mol. The maximum Gasteiger partial charge on any atom is 0.250 e. The van der Waals surface area contributed by atoms with Gasteiger partial charge in [0.15, 0.2) is 0 Å². The number of carbonyl (C=O) groups excluding carboxylic acids is 1. The molecule has 4 bridgehead atoms. The molecule has 0 aromatic heterocycles. The molecule has 4 aliphatic carbocycles. The summed E-state index contributed by atoms with van der Waals surface area (Å²) in [4.78, 5) is 15.5. The maximum absolute atomic E-state index is 13.8. The van der Waals surface area contributed by atoms with E-state index >= 15 is 0 Å². The summed E-state index contributed by atoms with van der Waals surface area (Å²) in [6.45, 7) is 2.05. The number of amides is 1. The second-order valence-electron chi connectivity index (χ2n) is 9.64. The number of benzene rings is 1. The number of nitrogens with zero attached hydrogens (tertiary/aromatic N) is 1. The van der Waals surface area contributed by atoms with Crippen LogP contribution in [0.15, 0.2) is 18.2 Å². The number of carbonyl (C=O) groups is 1. The van der Waals surface area contributed by atoms with Crippen LogP contribution in [-0.2, 0) is 10.3 Å². The summed E-state index contributed by atoms with van der Waals surface area (Å²) in [5.74, 6) is 3.31. The first kappa shape index (κ1) is 17.5. The number of ether oxygens (including phenoxy) is 1. The van der Waals surface area contributed by atoms with Gasteiger partial charge in [0.1, 0.15) is 17.6 Å². The van der Waals surface area contributed by atoms with E-state index in [2.05, 4.69) is 24.4 Å². The second kappa shape index (κ2) is 5.71. The van der Waals surface area contributed by atoms with E-state index in [1.807, 2.05) is 13.1 Å². The third-order valence-corrected chi connectivity index (χ3v) is 8.08. The SMILES string of the molecule is COc1ccc([C@]2(C34CC5CC(CC(C5)C3)C4)NC(N)N(C)C2=O)cc1C. The van der Waals surface area contributed by atoms with Crippen LogP contribution in [0.3, 0.4) is 0 Å². The Bertz CT molecular complexity index is 756. The first-order valence-electron chi connectivity index (χ1n) is 10.3. The van der Waals surface area contributed by atoms with E-state index in [0.29, 0.717) is 0 Å². The van der Waals surface area contributed by atoms with E-state index in [4.69, 9.17) is 10.5 Å². The Morgan fingerprint density at radius 3 is 2.19 bits per heavy atom. The van der Waals surface area contributed by atoms with Gasteiger partial charge in [0.25, 0.3) is 0 Å². The third kappa shape index (κ3) is 2.21. The molecule has 1 aromatic carbocycles. The Morgan fingerprint density at radius 2 is 1.74 bits per heavy atom. The van der Waals surface area contributed by atoms with Crippen LogP contribution in [0.5, 0.6) is 5.75 Å². The van der Waals surface area contributed by atoms with Gasteiger partial charge < -0.3 is 9.64 Å². The summed E-state index contributed by atoms with van der Waals surface area (Å²) in [5, 5.41) is 3.62. The maximum atomic E-state index is 13.8. The zero-order chi connectivity index (χ0) is 19.0. The lowest BCUT2D eigenvalue weighted by atomic mass is 9.43. The fourth-order valence-corrected chi connectivity index (χ4v) is 7.35. The van der Waals surface area contributed by atoms with E-state index in [1.54, 1.807) is 12.0 Å². The van der Waals surface area contributed by atoms with Gasteiger partial charge in [-0.05, 0) is 86.5 Å². The Kier molecular flexibility index (Phi) is 3.70. The lowest BCUT2D eigenvalue weighted by Crippen LogP contribution is -2.64. The van der Waals surface area contributed by atoms with E-state index in [9.17, 15) is 4.79 Å². The summed E-state index contributed by atoms with van der Waals surface area (Å²) in [6.07, 6.45) is 7.05. The molecule has 5 nitrogen and oxygen atoms in total. The van der Waals surface area contributed by atoms with Crippen molar-refractivity contribution in [3.63, 3.8) is 0 Å². The smallest absolute Gasteiger partial charge is 0.250 e. The third-order valence-electron chi connectivity index (χ3n) is 8.08. The van der Waals surface area contributed by atoms with Gasteiger partial charge in [-0.15, -0.1) is 0 Å². The van der Waals surface area contributed by atoms with E-state index in [0.717, 1.165) is 53.9 Å². The molecule has 0 radical (unpaired) electrons. The van der Waals surface area contributed by atoms with Crippen LogP contribution in [0.25, 0.3) is 0 Å². The van der Waals surface area contributed by atoms with Crippen molar-refractivity contribution in [2.75, 3.05) is 14.2 Å². The first-order valence-corrected chi connectivity index (χ1v) is 10.3. The van der Waals surface area contributed by atoms with Crippen LogP contribution >= 0.6 is 0 Å². The summed E-state index contributed by atoms with van der Waals surface area (Å²) in [7, 11) is 3.53. The minimum Gasteiger partial charge on any atom is -0.496 e. The van der Waals surface area contributed by atoms with Gasteiger partial charge in [-0.1, -0.05) is 6.07 Å². The molecule has 146 valence electrons. The van der Waals surface area contributed by atoms with Crippen LogP contribution in [0.4, 0.5) is 0 Å². The molecule has 2 atom stereocenters. The van der Waals surface area contributed by atoms with Crippen LogP contribution < -0.4 is 15.8 Å². The van der Waals surface area contributed by atoms with Crippen molar-refractivity contribution in [2.45, 2.75) is 57.3 Å². The summed E-state index contributed by atoms with van der Waals surface area (Å²) >= 11 is 0. The van der Waals surface area contributed by atoms with Gasteiger partial charge in [0, 0.05) is 12.5 Å². The molecule has 0 spiro atoms. The van der Waals surface area contributed by atoms with Crippen molar-refractivity contribution in [1.82, 2.24) is 10.2 Å². The largest absolute Gasteiger partial charge is 0.496 e. The topological polar surface area (TPSA) is 67.6 Å². The fourth-order valence-electron chi connectivity index (χ4n) is 7.35. The fraction of sp³-hybridized carbons (Fsp3) is 0.682. The zero-order valence-corrected chi connectivity index (χ0v) is 16.6. The minimum absolute atomic E-state index is 0.0256. The molecule has 1 unspecified atom stereocenters. The highest BCUT2D eigenvalue weighted by Crippen LogP contribution is 2.66. The molecule has 1 saturated heterocycles. The quantitative estimate of drug-likeness (QED) is 0.860. The van der Waals surface area contributed by atoms with Crippen LogP contribution in [-0.4, -0.2) is 31.3 Å². The number of methoxy groups -OCH3 is 1. The Labute approximate surface area is 161 Å². The number of likely N-dealkylation sites (N-methyl/N-ethyl adjacent to an activating group) is 1. The summed E-state index contributed by atoms with van der Waals surface area (Å²) < 4.78 is 5.47. The molecule has 5 heteroatoms. The van der Waals surface area contributed by atoms with E-state index in [1.165, 1.54) is 19.3 Å². The first-order chi connectivity index (χ1) is 12.9. The monoisotopic (exact) mass is 369 g/mol. The number of rotatable bonds is 3. The van der Waals surface area contributed by atoms with Crippen molar-refractivity contribution in [1.29, 1.82) is 0 Å². The van der Waals surface area contributed by atoms with Crippen molar-refractivity contribution in [3.05, 3.63) is 29.3 Å².